The van der Waals surface area contributed by atoms with E-state index >= 15 is 0 Å². The summed E-state index contributed by atoms with van der Waals surface area (Å²) in [5, 5.41) is 3.62. The van der Waals surface area contributed by atoms with Gasteiger partial charge < -0.3 is 9.73 Å². The van der Waals surface area contributed by atoms with Gasteiger partial charge in [-0.25, -0.2) is 4.39 Å². The summed E-state index contributed by atoms with van der Waals surface area (Å²) in [6, 6.07) is 6.23. The topological polar surface area (TPSA) is 25.2 Å². The van der Waals surface area contributed by atoms with Gasteiger partial charge in [0, 0.05) is 16.1 Å². The van der Waals surface area contributed by atoms with Crippen LogP contribution in [-0.4, -0.2) is 6.54 Å². The van der Waals surface area contributed by atoms with Crippen molar-refractivity contribution >= 4 is 27.5 Å². The first-order chi connectivity index (χ1) is 8.63. The Balaban J connectivity index is 2.45. The molecular weight excluding hydrogens is 321 g/mol. The van der Waals surface area contributed by atoms with Crippen molar-refractivity contribution in [3.8, 4) is 0 Å². The first-order valence-corrected chi connectivity index (χ1v) is 6.71. The molecular formula is C13H12BrClFNO. The average Bonchev–Trinajstić information content (AvgIpc) is 2.73. The van der Waals surface area contributed by atoms with E-state index in [-0.39, 0.29) is 11.9 Å². The molecule has 0 bridgehead atoms. The van der Waals surface area contributed by atoms with Crippen molar-refractivity contribution < 1.29 is 8.81 Å². The van der Waals surface area contributed by atoms with Crippen LogP contribution in [-0.2, 0) is 0 Å². The Bertz CT molecular complexity index is 544. The van der Waals surface area contributed by atoms with Gasteiger partial charge in [-0.15, -0.1) is 0 Å². The molecule has 0 amide bonds. The molecule has 0 saturated heterocycles. The van der Waals surface area contributed by atoms with Gasteiger partial charge in [-0.1, -0.05) is 24.6 Å². The lowest BCUT2D eigenvalue weighted by atomic mass is 10.0. The van der Waals surface area contributed by atoms with Crippen molar-refractivity contribution in [1.82, 2.24) is 5.32 Å². The Morgan fingerprint density at radius 1 is 1.39 bits per heavy atom. The normalized spacial score (nSPS) is 12.7. The number of halogens is 3. The Kier molecular flexibility index (Phi) is 4.43. The maximum Gasteiger partial charge on any atom is 0.174 e. The summed E-state index contributed by atoms with van der Waals surface area (Å²) in [4.78, 5) is 0. The molecule has 2 rings (SSSR count). The van der Waals surface area contributed by atoms with E-state index in [1.165, 1.54) is 6.07 Å². The monoisotopic (exact) mass is 331 g/mol. The van der Waals surface area contributed by atoms with E-state index in [0.717, 1.165) is 5.56 Å². The van der Waals surface area contributed by atoms with Gasteiger partial charge in [-0.05, 0) is 40.7 Å². The molecule has 96 valence electrons. The first kappa shape index (κ1) is 13.6. The van der Waals surface area contributed by atoms with Gasteiger partial charge in [0.05, 0.1) is 12.3 Å². The van der Waals surface area contributed by atoms with E-state index in [4.69, 9.17) is 16.0 Å². The molecule has 18 heavy (non-hydrogen) atoms. The van der Waals surface area contributed by atoms with Gasteiger partial charge in [0.15, 0.2) is 4.67 Å². The van der Waals surface area contributed by atoms with Gasteiger partial charge in [0.2, 0.25) is 0 Å². The molecule has 5 heteroatoms. The van der Waals surface area contributed by atoms with Crippen molar-refractivity contribution in [2.45, 2.75) is 13.0 Å². The molecule has 0 aliphatic heterocycles. The van der Waals surface area contributed by atoms with Crippen molar-refractivity contribution in [3.05, 3.63) is 57.2 Å². The molecule has 0 spiro atoms. The van der Waals surface area contributed by atoms with E-state index in [1.54, 1.807) is 18.4 Å². The third kappa shape index (κ3) is 2.76. The van der Waals surface area contributed by atoms with Crippen LogP contribution >= 0.6 is 27.5 Å². The van der Waals surface area contributed by atoms with Crippen LogP contribution in [0.1, 0.15) is 24.1 Å². The summed E-state index contributed by atoms with van der Waals surface area (Å²) in [7, 11) is 0. The summed E-state index contributed by atoms with van der Waals surface area (Å²) in [5.41, 5.74) is 1.40. The van der Waals surface area contributed by atoms with Crippen LogP contribution in [0.3, 0.4) is 0 Å². The second kappa shape index (κ2) is 5.87. The minimum absolute atomic E-state index is 0.264. The standard InChI is InChI=1S/C13H12BrClFNO/c1-2-17-12(10-5-6-18-13(10)14)9-4-3-8(15)7-11(9)16/h3-7,12,17H,2H2,1H3. The highest BCUT2D eigenvalue weighted by Crippen LogP contribution is 2.31. The molecule has 2 aromatic rings. The van der Waals surface area contributed by atoms with Crippen molar-refractivity contribution in [1.29, 1.82) is 0 Å². The molecule has 1 N–H and O–H groups in total. The fourth-order valence-corrected chi connectivity index (χ4v) is 2.47. The van der Waals surface area contributed by atoms with E-state index in [9.17, 15) is 4.39 Å². The van der Waals surface area contributed by atoms with Crippen LogP contribution in [0, 0.1) is 5.82 Å². The molecule has 1 aromatic carbocycles. The molecule has 1 heterocycles. The summed E-state index contributed by atoms with van der Waals surface area (Å²) in [5.74, 6) is -0.332. The fourth-order valence-electron chi connectivity index (χ4n) is 1.84. The predicted molar refractivity (Wildman–Crippen MR) is 73.3 cm³/mol. The van der Waals surface area contributed by atoms with E-state index in [1.807, 2.05) is 13.0 Å². The van der Waals surface area contributed by atoms with Gasteiger partial charge in [0.1, 0.15) is 5.82 Å². The van der Waals surface area contributed by atoms with Crippen LogP contribution in [0.25, 0.3) is 0 Å². The van der Waals surface area contributed by atoms with Gasteiger partial charge in [-0.2, -0.15) is 0 Å². The third-order valence-corrected chi connectivity index (χ3v) is 3.52. The van der Waals surface area contributed by atoms with Crippen LogP contribution in [0.2, 0.25) is 5.02 Å². The minimum atomic E-state index is -0.332. The largest absolute Gasteiger partial charge is 0.457 e. The lowest BCUT2D eigenvalue weighted by Gasteiger charge is -2.18. The van der Waals surface area contributed by atoms with E-state index in [0.29, 0.717) is 21.8 Å². The molecule has 1 atom stereocenters. The Morgan fingerprint density at radius 2 is 2.17 bits per heavy atom. The third-order valence-electron chi connectivity index (χ3n) is 2.64. The lowest BCUT2D eigenvalue weighted by Crippen LogP contribution is -2.22. The van der Waals surface area contributed by atoms with Crippen molar-refractivity contribution in [3.63, 3.8) is 0 Å². The zero-order chi connectivity index (χ0) is 13.1. The second-order valence-corrected chi connectivity index (χ2v) is 4.96. The zero-order valence-corrected chi connectivity index (χ0v) is 12.1. The summed E-state index contributed by atoms with van der Waals surface area (Å²) < 4.78 is 19.8. The highest BCUT2D eigenvalue weighted by atomic mass is 79.9. The SMILES string of the molecule is CCNC(c1ccc(Cl)cc1F)c1ccoc1Br. The Hall–Kier alpha value is -0.840. The summed E-state index contributed by atoms with van der Waals surface area (Å²) in [6.45, 7) is 2.68. The molecule has 2 nitrogen and oxygen atoms in total. The van der Waals surface area contributed by atoms with Crippen LogP contribution in [0.4, 0.5) is 4.39 Å². The number of hydrogen-bond acceptors (Lipinski definition) is 2. The second-order valence-electron chi connectivity index (χ2n) is 3.81. The minimum Gasteiger partial charge on any atom is -0.457 e. The van der Waals surface area contributed by atoms with Gasteiger partial charge >= 0.3 is 0 Å². The number of furan rings is 1. The molecule has 0 aliphatic carbocycles. The number of nitrogens with one attached hydrogen (secondary N) is 1. The molecule has 0 aliphatic rings. The first-order valence-electron chi connectivity index (χ1n) is 5.54. The number of hydrogen-bond donors (Lipinski definition) is 1. The molecule has 0 fully saturated rings. The maximum absolute atomic E-state index is 14.0. The Labute approximate surface area is 118 Å². The summed E-state index contributed by atoms with van der Waals surface area (Å²) >= 11 is 9.08. The molecule has 0 saturated carbocycles. The Morgan fingerprint density at radius 3 is 2.72 bits per heavy atom. The average molecular weight is 333 g/mol. The zero-order valence-electron chi connectivity index (χ0n) is 9.71. The molecule has 0 radical (unpaired) electrons. The van der Waals surface area contributed by atoms with Crippen LogP contribution in [0.5, 0.6) is 0 Å². The lowest BCUT2D eigenvalue weighted by molar-refractivity contribution is 0.518. The van der Waals surface area contributed by atoms with Crippen LogP contribution < -0.4 is 5.32 Å². The maximum atomic E-state index is 14.0. The van der Waals surface area contributed by atoms with Gasteiger partial charge in [-0.3, -0.25) is 0 Å². The summed E-state index contributed by atoms with van der Waals surface area (Å²) in [6.07, 6.45) is 1.57. The predicted octanol–water partition coefficient (Wildman–Crippen LogP) is 4.53. The van der Waals surface area contributed by atoms with Crippen LogP contribution in [0.15, 0.2) is 39.6 Å². The quantitative estimate of drug-likeness (QED) is 0.889. The van der Waals surface area contributed by atoms with Crippen molar-refractivity contribution in [2.75, 3.05) is 6.54 Å². The highest BCUT2D eigenvalue weighted by molar-refractivity contribution is 9.10. The number of rotatable bonds is 4. The molecule has 1 unspecified atom stereocenters. The van der Waals surface area contributed by atoms with Gasteiger partial charge in [0.25, 0.3) is 0 Å². The smallest absolute Gasteiger partial charge is 0.174 e. The molecule has 1 aromatic heterocycles. The van der Waals surface area contributed by atoms with Crippen molar-refractivity contribution in [2.24, 2.45) is 0 Å². The van der Waals surface area contributed by atoms with E-state index in [2.05, 4.69) is 21.2 Å². The van der Waals surface area contributed by atoms with E-state index < -0.39 is 0 Å². The fraction of sp³-hybridized carbons (Fsp3) is 0.231. The highest BCUT2D eigenvalue weighted by Gasteiger charge is 2.21. The number of benzene rings is 1.